The number of rotatable bonds is 6. The number of hydrogen-bond acceptors (Lipinski definition) is 4. The van der Waals surface area contributed by atoms with E-state index in [2.05, 4.69) is 48.7 Å². The van der Waals surface area contributed by atoms with Crippen LogP contribution in [0.15, 0.2) is 24.3 Å². The Morgan fingerprint density at radius 2 is 1.68 bits per heavy atom. The maximum atomic E-state index is 11.8. The van der Waals surface area contributed by atoms with Crippen LogP contribution in [0, 0.1) is 5.92 Å². The van der Waals surface area contributed by atoms with E-state index in [4.69, 9.17) is 10.8 Å². The number of carboxylic acid groups (broad SMARTS) is 1. The van der Waals surface area contributed by atoms with Gasteiger partial charge in [0.1, 0.15) is 6.04 Å². The minimum Gasteiger partial charge on any atom is -0.481 e. The second-order valence-corrected chi connectivity index (χ2v) is 8.48. The van der Waals surface area contributed by atoms with Gasteiger partial charge in [0.05, 0.1) is 0 Å². The summed E-state index contributed by atoms with van der Waals surface area (Å²) in [4.78, 5) is 22.7. The molecule has 2 aliphatic rings. The van der Waals surface area contributed by atoms with Gasteiger partial charge in [-0.25, -0.2) is 0 Å². The molecule has 1 aliphatic heterocycles. The van der Waals surface area contributed by atoms with Crippen molar-refractivity contribution in [2.75, 3.05) is 0 Å². The van der Waals surface area contributed by atoms with Crippen molar-refractivity contribution in [1.82, 2.24) is 10.6 Å². The van der Waals surface area contributed by atoms with Gasteiger partial charge in [-0.05, 0) is 62.0 Å². The van der Waals surface area contributed by atoms with Crippen LogP contribution in [-0.2, 0) is 9.59 Å². The van der Waals surface area contributed by atoms with E-state index in [1.54, 1.807) is 0 Å². The number of aliphatic carboxylic acids is 1. The molecule has 4 unspecified atom stereocenters. The number of nitrogens with two attached hydrogens (primary N) is 1. The van der Waals surface area contributed by atoms with Gasteiger partial charge in [-0.1, -0.05) is 31.2 Å². The molecule has 6 nitrogen and oxygen atoms in total. The summed E-state index contributed by atoms with van der Waals surface area (Å²) in [5.41, 5.74) is 8.09. The zero-order valence-electron chi connectivity index (χ0n) is 16.9. The molecule has 154 valence electrons. The summed E-state index contributed by atoms with van der Waals surface area (Å²) in [6, 6.07) is 8.63. The van der Waals surface area contributed by atoms with Crippen molar-refractivity contribution in [2.45, 2.75) is 82.5 Å². The highest BCUT2D eigenvalue weighted by atomic mass is 16.4. The molecular weight excluding hydrogens is 354 g/mol. The van der Waals surface area contributed by atoms with Crippen molar-refractivity contribution < 1.29 is 14.7 Å². The van der Waals surface area contributed by atoms with E-state index in [0.29, 0.717) is 18.3 Å². The Bertz CT molecular complexity index is 683. The number of hydrogen-bond donors (Lipinski definition) is 4. The van der Waals surface area contributed by atoms with Crippen molar-refractivity contribution >= 4 is 11.9 Å². The number of carbonyl (C=O) groups excluding carboxylic acids is 1. The molecule has 3 rings (SSSR count). The topological polar surface area (TPSA) is 104 Å². The van der Waals surface area contributed by atoms with Crippen molar-refractivity contribution in [3.63, 3.8) is 0 Å². The summed E-state index contributed by atoms with van der Waals surface area (Å²) in [5, 5.41) is 16.0. The van der Waals surface area contributed by atoms with E-state index in [0.717, 1.165) is 37.7 Å². The summed E-state index contributed by atoms with van der Waals surface area (Å²) in [6.07, 6.45) is 5.23. The molecule has 1 heterocycles. The second kappa shape index (κ2) is 9.05. The maximum Gasteiger partial charge on any atom is 0.303 e. The lowest BCUT2D eigenvalue weighted by molar-refractivity contribution is -0.138. The Morgan fingerprint density at radius 3 is 2.21 bits per heavy atom. The number of nitrogens with one attached hydrogen (secondary N) is 2. The fourth-order valence-electron chi connectivity index (χ4n) is 4.93. The number of piperazine rings is 1. The SMILES string of the molecule is CCC1NC(C)C(c2ccc(C3CCC(CC(=O)O)CC3)cc2)NC1C(N)=O. The normalized spacial score (nSPS) is 33.4. The lowest BCUT2D eigenvalue weighted by Crippen LogP contribution is -2.64. The number of carbonyl (C=O) groups is 2. The highest BCUT2D eigenvalue weighted by Gasteiger charge is 2.36. The molecule has 0 bridgehead atoms. The molecule has 0 radical (unpaired) electrons. The predicted octanol–water partition coefficient (Wildman–Crippen LogP) is 2.69. The summed E-state index contributed by atoms with van der Waals surface area (Å²) >= 11 is 0. The van der Waals surface area contributed by atoms with Crippen LogP contribution in [0.3, 0.4) is 0 Å². The number of primary amides is 1. The van der Waals surface area contributed by atoms with Gasteiger partial charge in [0, 0.05) is 24.5 Å². The fraction of sp³-hybridized carbons (Fsp3) is 0.636. The molecule has 1 saturated carbocycles. The molecule has 1 saturated heterocycles. The summed E-state index contributed by atoms with van der Waals surface area (Å²) in [5.74, 6) is -0.165. The van der Waals surface area contributed by atoms with Gasteiger partial charge in [0.25, 0.3) is 0 Å². The molecular formula is C22H33N3O3. The van der Waals surface area contributed by atoms with Crippen LogP contribution in [0.5, 0.6) is 0 Å². The second-order valence-electron chi connectivity index (χ2n) is 8.48. The first kappa shape index (κ1) is 20.8. The molecule has 1 amide bonds. The predicted molar refractivity (Wildman–Crippen MR) is 109 cm³/mol. The Morgan fingerprint density at radius 1 is 1.07 bits per heavy atom. The van der Waals surface area contributed by atoms with E-state index in [9.17, 15) is 9.59 Å². The van der Waals surface area contributed by atoms with Gasteiger partial charge >= 0.3 is 5.97 Å². The van der Waals surface area contributed by atoms with E-state index in [1.807, 2.05) is 0 Å². The van der Waals surface area contributed by atoms with E-state index < -0.39 is 5.97 Å². The lowest BCUT2D eigenvalue weighted by atomic mass is 9.77. The highest BCUT2D eigenvalue weighted by molar-refractivity contribution is 5.81. The summed E-state index contributed by atoms with van der Waals surface area (Å²) < 4.78 is 0. The number of benzene rings is 1. The van der Waals surface area contributed by atoms with Crippen LogP contribution in [0.25, 0.3) is 0 Å². The van der Waals surface area contributed by atoms with Crippen LogP contribution in [0.4, 0.5) is 0 Å². The van der Waals surface area contributed by atoms with Crippen LogP contribution in [0.2, 0.25) is 0 Å². The summed E-state index contributed by atoms with van der Waals surface area (Å²) in [6.45, 7) is 4.19. The Hall–Kier alpha value is -1.92. The maximum absolute atomic E-state index is 11.8. The average molecular weight is 388 g/mol. The Kier molecular flexibility index (Phi) is 6.73. The molecule has 28 heavy (non-hydrogen) atoms. The minimum atomic E-state index is -0.685. The molecule has 6 heteroatoms. The van der Waals surface area contributed by atoms with Gasteiger partial charge < -0.3 is 16.2 Å². The first-order chi connectivity index (χ1) is 13.4. The zero-order chi connectivity index (χ0) is 20.3. The van der Waals surface area contributed by atoms with Gasteiger partial charge in [-0.2, -0.15) is 0 Å². The molecule has 1 aliphatic carbocycles. The first-order valence-electron chi connectivity index (χ1n) is 10.5. The van der Waals surface area contributed by atoms with Crippen molar-refractivity contribution in [1.29, 1.82) is 0 Å². The van der Waals surface area contributed by atoms with Crippen molar-refractivity contribution in [3.8, 4) is 0 Å². The Balaban J connectivity index is 1.64. The highest BCUT2D eigenvalue weighted by Crippen LogP contribution is 2.37. The van der Waals surface area contributed by atoms with Crippen LogP contribution < -0.4 is 16.4 Å². The van der Waals surface area contributed by atoms with Gasteiger partial charge in [0.15, 0.2) is 0 Å². The van der Waals surface area contributed by atoms with Crippen molar-refractivity contribution in [3.05, 3.63) is 35.4 Å². The molecule has 5 N–H and O–H groups in total. The van der Waals surface area contributed by atoms with Crippen LogP contribution in [-0.4, -0.2) is 35.1 Å². The average Bonchev–Trinajstić information content (AvgIpc) is 2.68. The number of carboxylic acids is 1. The quantitative estimate of drug-likeness (QED) is 0.601. The minimum absolute atomic E-state index is 0.0423. The van der Waals surface area contributed by atoms with Crippen molar-refractivity contribution in [2.24, 2.45) is 11.7 Å². The Labute approximate surface area is 167 Å². The van der Waals surface area contributed by atoms with Crippen LogP contribution in [0.1, 0.15) is 75.5 Å². The van der Waals surface area contributed by atoms with E-state index in [1.165, 1.54) is 5.56 Å². The molecule has 1 aromatic carbocycles. The molecule has 4 atom stereocenters. The fourth-order valence-corrected chi connectivity index (χ4v) is 4.93. The third-order valence-electron chi connectivity index (χ3n) is 6.56. The van der Waals surface area contributed by atoms with Gasteiger partial charge in [0.2, 0.25) is 5.91 Å². The molecule has 1 aromatic rings. The number of amides is 1. The van der Waals surface area contributed by atoms with Gasteiger partial charge in [-0.15, -0.1) is 0 Å². The zero-order valence-corrected chi connectivity index (χ0v) is 16.9. The van der Waals surface area contributed by atoms with Crippen LogP contribution >= 0.6 is 0 Å². The molecule has 0 aromatic heterocycles. The molecule has 0 spiro atoms. The standard InChI is InChI=1S/C22H33N3O3/c1-3-18-21(22(23)28)25-20(13(2)24-18)17-10-8-16(9-11-17)15-6-4-14(5-7-15)12-19(26)27/h8-11,13-15,18,20-21,24-25H,3-7,12H2,1-2H3,(H2,23,28)(H,26,27). The first-order valence-corrected chi connectivity index (χ1v) is 10.5. The largest absolute Gasteiger partial charge is 0.481 e. The lowest BCUT2D eigenvalue weighted by Gasteiger charge is -2.41. The third-order valence-corrected chi connectivity index (χ3v) is 6.56. The van der Waals surface area contributed by atoms with E-state index >= 15 is 0 Å². The van der Waals surface area contributed by atoms with Gasteiger partial charge in [-0.3, -0.25) is 14.9 Å². The third kappa shape index (κ3) is 4.73. The molecule has 2 fully saturated rings. The van der Waals surface area contributed by atoms with E-state index in [-0.39, 0.29) is 30.1 Å². The summed E-state index contributed by atoms with van der Waals surface area (Å²) in [7, 11) is 0. The monoisotopic (exact) mass is 387 g/mol. The smallest absolute Gasteiger partial charge is 0.303 e.